The van der Waals surface area contributed by atoms with Crippen LogP contribution in [0, 0.1) is 5.41 Å². The molecule has 1 N–H and O–H groups in total. The molecule has 5 heteroatoms. The Kier molecular flexibility index (Phi) is 2.58. The summed E-state index contributed by atoms with van der Waals surface area (Å²) in [6.45, 7) is 0.123. The number of aliphatic carboxylic acids is 1. The fourth-order valence-electron chi connectivity index (χ4n) is 2.04. The maximum Gasteiger partial charge on any atom is 1.00 e. The van der Waals surface area contributed by atoms with Gasteiger partial charge < -0.3 is 19.7 Å². The van der Waals surface area contributed by atoms with E-state index in [1.165, 1.54) is 0 Å². The summed E-state index contributed by atoms with van der Waals surface area (Å²) in [4.78, 5) is 10.5. The van der Waals surface area contributed by atoms with Gasteiger partial charge in [0.1, 0.15) is 0 Å². The third kappa shape index (κ3) is 1.14. The number of fused-ring (bicyclic) bond motifs is 1. The van der Waals surface area contributed by atoms with Gasteiger partial charge in [-0.15, -0.1) is 0 Å². The van der Waals surface area contributed by atoms with Gasteiger partial charge in [-0.05, 0) is 12.8 Å². The van der Waals surface area contributed by atoms with E-state index >= 15 is 0 Å². The Morgan fingerprint density at radius 1 is 1.58 bits per heavy atom. The van der Waals surface area contributed by atoms with E-state index in [1.807, 2.05) is 0 Å². The van der Waals surface area contributed by atoms with Gasteiger partial charge in [-0.3, -0.25) is 0 Å². The molecule has 2 bridgehead atoms. The summed E-state index contributed by atoms with van der Waals surface area (Å²) >= 11 is 0. The Bertz CT molecular complexity index is 209. The van der Waals surface area contributed by atoms with Crippen LogP contribution in [0.15, 0.2) is 0 Å². The fourth-order valence-corrected chi connectivity index (χ4v) is 2.04. The maximum absolute atomic E-state index is 10.5. The molecule has 2 saturated heterocycles. The van der Waals surface area contributed by atoms with Crippen LogP contribution >= 0.6 is 0 Å². The molecule has 0 aromatic rings. The standard InChI is InChI=1S/C7H10O4.Na/c8-3-7-1-6(2-7,4-11-7)5(9)10;/h8H,1-4H2,(H,9,10);/q;+1/p-1. The van der Waals surface area contributed by atoms with Gasteiger partial charge in [0, 0.05) is 5.41 Å². The van der Waals surface area contributed by atoms with Crippen molar-refractivity contribution in [1.29, 1.82) is 0 Å². The Morgan fingerprint density at radius 3 is 2.42 bits per heavy atom. The molecule has 62 valence electrons. The number of carboxylic acids is 1. The second-order valence-electron chi connectivity index (χ2n) is 3.55. The first-order valence-corrected chi connectivity index (χ1v) is 3.59. The van der Waals surface area contributed by atoms with Crippen molar-refractivity contribution in [3.8, 4) is 0 Å². The molecule has 0 atom stereocenters. The van der Waals surface area contributed by atoms with E-state index in [1.54, 1.807) is 0 Å². The predicted octanol–water partition coefficient (Wildman–Crippen LogP) is -4.72. The first-order chi connectivity index (χ1) is 5.13. The van der Waals surface area contributed by atoms with Crippen LogP contribution in [0.3, 0.4) is 0 Å². The van der Waals surface area contributed by atoms with Crippen LogP contribution in [0.25, 0.3) is 0 Å². The molecular formula is C7H9NaO4. The van der Waals surface area contributed by atoms with Crippen molar-refractivity contribution in [2.45, 2.75) is 18.4 Å². The van der Waals surface area contributed by atoms with Crippen molar-refractivity contribution in [3.63, 3.8) is 0 Å². The number of aliphatic hydroxyl groups is 1. The smallest absolute Gasteiger partial charge is 0.549 e. The SMILES string of the molecule is O=C([O-])C12COC(CO)(C1)C2.[Na+]. The molecule has 0 radical (unpaired) electrons. The molecule has 1 aliphatic carbocycles. The Hall–Kier alpha value is 0.390. The van der Waals surface area contributed by atoms with E-state index in [9.17, 15) is 9.90 Å². The van der Waals surface area contributed by atoms with Gasteiger partial charge in [-0.25, -0.2) is 0 Å². The third-order valence-corrected chi connectivity index (χ3v) is 2.70. The Labute approximate surface area is 92.2 Å². The summed E-state index contributed by atoms with van der Waals surface area (Å²) in [6, 6.07) is 0. The number of ether oxygens (including phenoxy) is 1. The average Bonchev–Trinajstić information content (AvgIpc) is 2.39. The number of carbonyl (C=O) groups excluding carboxylic acids is 1. The molecule has 3 rings (SSSR count). The van der Waals surface area contributed by atoms with Crippen LogP contribution in [0.4, 0.5) is 0 Å². The van der Waals surface area contributed by atoms with Crippen molar-refractivity contribution in [2.24, 2.45) is 5.41 Å². The Balaban J connectivity index is 0.000000720. The molecular weight excluding hydrogens is 171 g/mol. The monoisotopic (exact) mass is 180 g/mol. The van der Waals surface area contributed by atoms with Gasteiger partial charge in [0.05, 0.1) is 24.8 Å². The van der Waals surface area contributed by atoms with Crippen LogP contribution in [0.5, 0.6) is 0 Å². The number of rotatable bonds is 2. The first kappa shape index (κ1) is 10.5. The molecule has 0 spiro atoms. The minimum absolute atomic E-state index is 0. The van der Waals surface area contributed by atoms with Gasteiger partial charge >= 0.3 is 29.6 Å². The number of hydrogen-bond donors (Lipinski definition) is 1. The minimum atomic E-state index is -1.04. The van der Waals surface area contributed by atoms with Gasteiger partial charge in [-0.2, -0.15) is 0 Å². The number of carbonyl (C=O) groups is 1. The molecule has 2 aliphatic heterocycles. The van der Waals surface area contributed by atoms with Crippen LogP contribution < -0.4 is 34.7 Å². The zero-order valence-corrected chi connectivity index (χ0v) is 9.00. The second kappa shape index (κ2) is 2.96. The molecule has 0 aromatic carbocycles. The van der Waals surface area contributed by atoms with Crippen molar-refractivity contribution >= 4 is 5.97 Å². The van der Waals surface area contributed by atoms with Crippen LogP contribution in [-0.2, 0) is 9.53 Å². The normalized spacial score (nSPS) is 43.1. The van der Waals surface area contributed by atoms with Gasteiger partial charge in [0.2, 0.25) is 0 Å². The topological polar surface area (TPSA) is 69.6 Å². The van der Waals surface area contributed by atoms with Crippen LogP contribution in [0.2, 0.25) is 0 Å². The summed E-state index contributed by atoms with van der Waals surface area (Å²) in [5, 5.41) is 19.4. The molecule has 1 saturated carbocycles. The number of aliphatic hydroxyl groups excluding tert-OH is 1. The summed E-state index contributed by atoms with van der Waals surface area (Å²) in [6.07, 6.45) is 0.831. The van der Waals surface area contributed by atoms with E-state index in [-0.39, 0.29) is 42.8 Å². The third-order valence-electron chi connectivity index (χ3n) is 2.70. The molecule has 0 amide bonds. The second-order valence-corrected chi connectivity index (χ2v) is 3.55. The molecule has 0 aromatic heterocycles. The fraction of sp³-hybridized carbons (Fsp3) is 0.857. The van der Waals surface area contributed by atoms with E-state index in [2.05, 4.69) is 0 Å². The predicted molar refractivity (Wildman–Crippen MR) is 32.4 cm³/mol. The zero-order chi connectivity index (χ0) is 8.11. The Morgan fingerprint density at radius 2 is 2.17 bits per heavy atom. The maximum atomic E-state index is 10.5. The number of carboxylic acid groups (broad SMARTS) is 1. The van der Waals surface area contributed by atoms with E-state index < -0.39 is 17.0 Å². The van der Waals surface area contributed by atoms with Gasteiger partial charge in [0.25, 0.3) is 0 Å². The van der Waals surface area contributed by atoms with Crippen molar-refractivity contribution in [1.82, 2.24) is 0 Å². The van der Waals surface area contributed by atoms with Crippen molar-refractivity contribution in [3.05, 3.63) is 0 Å². The molecule has 0 unspecified atom stereocenters. The summed E-state index contributed by atoms with van der Waals surface area (Å²) in [5.74, 6) is -1.04. The van der Waals surface area contributed by atoms with Crippen LogP contribution in [-0.4, -0.2) is 29.9 Å². The summed E-state index contributed by atoms with van der Waals surface area (Å²) in [5.41, 5.74) is -1.32. The van der Waals surface area contributed by atoms with Crippen molar-refractivity contribution < 1.29 is 49.3 Å². The first-order valence-electron chi connectivity index (χ1n) is 3.59. The van der Waals surface area contributed by atoms with E-state index in [0.717, 1.165) is 0 Å². The molecule has 12 heavy (non-hydrogen) atoms. The van der Waals surface area contributed by atoms with Gasteiger partial charge in [0.15, 0.2) is 0 Å². The molecule has 3 aliphatic rings. The summed E-state index contributed by atoms with van der Waals surface area (Å²) in [7, 11) is 0. The molecule has 4 nitrogen and oxygen atoms in total. The quantitative estimate of drug-likeness (QED) is 0.433. The van der Waals surface area contributed by atoms with E-state index in [4.69, 9.17) is 9.84 Å². The van der Waals surface area contributed by atoms with Gasteiger partial charge in [-0.1, -0.05) is 0 Å². The summed E-state index contributed by atoms with van der Waals surface area (Å²) < 4.78 is 5.16. The zero-order valence-electron chi connectivity index (χ0n) is 7.00. The number of hydrogen-bond acceptors (Lipinski definition) is 4. The largest absolute Gasteiger partial charge is 1.00 e. The van der Waals surface area contributed by atoms with Crippen LogP contribution in [0.1, 0.15) is 12.8 Å². The average molecular weight is 180 g/mol. The van der Waals surface area contributed by atoms with Crippen molar-refractivity contribution in [2.75, 3.05) is 13.2 Å². The minimum Gasteiger partial charge on any atom is -0.549 e. The molecule has 2 heterocycles. The van der Waals surface area contributed by atoms with E-state index in [0.29, 0.717) is 12.8 Å². The molecule has 3 fully saturated rings.